The van der Waals surface area contributed by atoms with Crippen LogP contribution in [-0.2, 0) is 11.3 Å². The molecule has 0 spiro atoms. The van der Waals surface area contributed by atoms with Gasteiger partial charge < -0.3 is 10.4 Å². The summed E-state index contributed by atoms with van der Waals surface area (Å²) in [5.41, 5.74) is 0.386. The highest BCUT2D eigenvalue weighted by molar-refractivity contribution is 5.78. The van der Waals surface area contributed by atoms with E-state index in [4.69, 9.17) is 5.11 Å². The molecule has 1 heterocycles. The maximum Gasteiger partial charge on any atom is 0.261 e. The Hall–Kier alpha value is -2.21. The highest BCUT2D eigenvalue weighted by Crippen LogP contribution is 2.04. The minimum Gasteiger partial charge on any atom is -0.396 e. The molecule has 0 aliphatic heterocycles. The Balaban J connectivity index is 2.14. The van der Waals surface area contributed by atoms with E-state index in [0.717, 1.165) is 6.42 Å². The number of carbonyl (C=O) groups excluding carboxylic acids is 1. The molecule has 2 rings (SSSR count). The molecule has 2 N–H and O–H groups in total. The number of nitrogens with zero attached hydrogens (tertiary/aromatic N) is 2. The normalized spacial score (nSPS) is 12.3. The predicted molar refractivity (Wildman–Crippen MR) is 79.9 cm³/mol. The number of para-hydroxylation sites is 1. The predicted octanol–water partition coefficient (Wildman–Crippen LogP) is 0.674. The van der Waals surface area contributed by atoms with Gasteiger partial charge >= 0.3 is 0 Å². The van der Waals surface area contributed by atoms with Crippen molar-refractivity contribution >= 4 is 16.8 Å². The van der Waals surface area contributed by atoms with Crippen molar-refractivity contribution in [3.05, 3.63) is 40.9 Å². The average Bonchev–Trinajstić information content (AvgIpc) is 2.50. The van der Waals surface area contributed by atoms with Gasteiger partial charge in [-0.15, -0.1) is 0 Å². The summed E-state index contributed by atoms with van der Waals surface area (Å²) >= 11 is 0. The smallest absolute Gasteiger partial charge is 0.261 e. The fraction of sp³-hybridized carbons (Fsp3) is 0.400. The Bertz CT molecular complexity index is 681. The van der Waals surface area contributed by atoms with Crippen molar-refractivity contribution in [2.24, 2.45) is 0 Å². The Morgan fingerprint density at radius 1 is 1.43 bits per heavy atom. The van der Waals surface area contributed by atoms with Crippen LogP contribution >= 0.6 is 0 Å². The largest absolute Gasteiger partial charge is 0.396 e. The molecule has 2 aromatic rings. The molecule has 0 radical (unpaired) electrons. The number of hydrogen-bond donors (Lipinski definition) is 2. The molecule has 0 saturated carbocycles. The van der Waals surface area contributed by atoms with Crippen LogP contribution in [0.3, 0.4) is 0 Å². The standard InChI is InChI=1S/C15H19N3O3/c1-2-11(7-8-19)17-14(20)9-18-10-16-13-6-4-3-5-12(13)15(18)21/h3-6,10-11,19H,2,7-9H2,1H3,(H,17,20). The molecule has 0 aliphatic rings. The number of rotatable bonds is 6. The van der Waals surface area contributed by atoms with Crippen molar-refractivity contribution in [1.29, 1.82) is 0 Å². The van der Waals surface area contributed by atoms with Gasteiger partial charge in [0.15, 0.2) is 0 Å². The zero-order valence-corrected chi connectivity index (χ0v) is 12.0. The van der Waals surface area contributed by atoms with E-state index in [1.165, 1.54) is 10.9 Å². The zero-order valence-electron chi connectivity index (χ0n) is 12.0. The van der Waals surface area contributed by atoms with Crippen LogP contribution in [0.5, 0.6) is 0 Å². The summed E-state index contributed by atoms with van der Waals surface area (Å²) in [5, 5.41) is 12.2. The minimum atomic E-state index is -0.255. The summed E-state index contributed by atoms with van der Waals surface area (Å²) in [4.78, 5) is 28.4. The van der Waals surface area contributed by atoms with Gasteiger partial charge in [-0.05, 0) is 25.0 Å². The lowest BCUT2D eigenvalue weighted by Crippen LogP contribution is -2.39. The van der Waals surface area contributed by atoms with E-state index in [-0.39, 0.29) is 30.7 Å². The van der Waals surface area contributed by atoms with Gasteiger partial charge in [-0.3, -0.25) is 14.2 Å². The van der Waals surface area contributed by atoms with Crippen molar-refractivity contribution < 1.29 is 9.90 Å². The van der Waals surface area contributed by atoms with E-state index in [9.17, 15) is 9.59 Å². The molecule has 0 saturated heterocycles. The number of aromatic nitrogens is 2. The highest BCUT2D eigenvalue weighted by Gasteiger charge is 2.12. The summed E-state index contributed by atoms with van der Waals surface area (Å²) in [6, 6.07) is 6.96. The van der Waals surface area contributed by atoms with Crippen molar-refractivity contribution in [3.8, 4) is 0 Å². The van der Waals surface area contributed by atoms with Gasteiger partial charge in [-0.25, -0.2) is 4.98 Å². The van der Waals surface area contributed by atoms with Crippen molar-refractivity contribution in [2.75, 3.05) is 6.61 Å². The van der Waals surface area contributed by atoms with Crippen LogP contribution in [0.2, 0.25) is 0 Å². The molecule has 21 heavy (non-hydrogen) atoms. The maximum atomic E-state index is 12.2. The highest BCUT2D eigenvalue weighted by atomic mass is 16.3. The first-order valence-electron chi connectivity index (χ1n) is 7.00. The zero-order chi connectivity index (χ0) is 15.2. The van der Waals surface area contributed by atoms with Crippen LogP contribution in [-0.4, -0.2) is 33.2 Å². The first-order valence-corrected chi connectivity index (χ1v) is 7.00. The molecule has 1 unspecified atom stereocenters. The molecule has 112 valence electrons. The lowest BCUT2D eigenvalue weighted by molar-refractivity contribution is -0.122. The molecular formula is C15H19N3O3. The van der Waals surface area contributed by atoms with Crippen LogP contribution in [0.4, 0.5) is 0 Å². The Kier molecular flexibility index (Phi) is 5.05. The first kappa shape index (κ1) is 15.2. The van der Waals surface area contributed by atoms with Crippen molar-refractivity contribution in [2.45, 2.75) is 32.4 Å². The third-order valence-corrected chi connectivity index (χ3v) is 3.38. The van der Waals surface area contributed by atoms with E-state index in [2.05, 4.69) is 10.3 Å². The molecule has 6 heteroatoms. The third-order valence-electron chi connectivity index (χ3n) is 3.38. The fourth-order valence-electron chi connectivity index (χ4n) is 2.18. The molecule has 1 aromatic heterocycles. The summed E-state index contributed by atoms with van der Waals surface area (Å²) in [6.45, 7) is 1.89. The van der Waals surface area contributed by atoms with Crippen LogP contribution in [0, 0.1) is 0 Å². The summed E-state index contributed by atoms with van der Waals surface area (Å²) in [5.74, 6) is -0.255. The van der Waals surface area contributed by atoms with Gasteiger partial charge in [-0.1, -0.05) is 19.1 Å². The second kappa shape index (κ2) is 6.99. The number of fused-ring (bicyclic) bond motifs is 1. The lowest BCUT2D eigenvalue weighted by Gasteiger charge is -2.16. The Morgan fingerprint density at radius 2 is 2.19 bits per heavy atom. The van der Waals surface area contributed by atoms with E-state index in [1.807, 2.05) is 13.0 Å². The number of aliphatic hydroxyl groups is 1. The molecule has 1 aromatic carbocycles. The lowest BCUT2D eigenvalue weighted by atomic mass is 10.1. The molecule has 1 atom stereocenters. The number of amides is 1. The van der Waals surface area contributed by atoms with E-state index >= 15 is 0 Å². The van der Waals surface area contributed by atoms with Gasteiger partial charge in [0.2, 0.25) is 5.91 Å². The van der Waals surface area contributed by atoms with E-state index < -0.39 is 0 Å². The summed E-state index contributed by atoms with van der Waals surface area (Å²) in [7, 11) is 0. The summed E-state index contributed by atoms with van der Waals surface area (Å²) in [6.07, 6.45) is 2.63. The van der Waals surface area contributed by atoms with Crippen molar-refractivity contribution in [1.82, 2.24) is 14.9 Å². The topological polar surface area (TPSA) is 84.2 Å². The molecule has 1 amide bonds. The number of nitrogens with one attached hydrogen (secondary N) is 1. The van der Waals surface area contributed by atoms with E-state index in [0.29, 0.717) is 17.3 Å². The summed E-state index contributed by atoms with van der Waals surface area (Å²) < 4.78 is 1.29. The SMILES string of the molecule is CCC(CCO)NC(=O)Cn1cnc2ccccc2c1=O. The minimum absolute atomic E-state index is 0.0241. The monoisotopic (exact) mass is 289 g/mol. The number of benzene rings is 1. The molecule has 6 nitrogen and oxygen atoms in total. The average molecular weight is 289 g/mol. The maximum absolute atomic E-state index is 12.2. The van der Waals surface area contributed by atoms with Crippen LogP contribution in [0.15, 0.2) is 35.4 Å². The van der Waals surface area contributed by atoms with Crippen LogP contribution in [0.25, 0.3) is 10.9 Å². The quantitative estimate of drug-likeness (QED) is 0.819. The van der Waals surface area contributed by atoms with Crippen LogP contribution in [0.1, 0.15) is 19.8 Å². The second-order valence-corrected chi connectivity index (χ2v) is 4.88. The molecule has 0 aliphatic carbocycles. The number of hydrogen-bond acceptors (Lipinski definition) is 4. The van der Waals surface area contributed by atoms with Gasteiger partial charge in [0.25, 0.3) is 5.56 Å². The van der Waals surface area contributed by atoms with Crippen molar-refractivity contribution in [3.63, 3.8) is 0 Å². The van der Waals surface area contributed by atoms with Gasteiger partial charge in [0.05, 0.1) is 17.2 Å². The molecule has 0 bridgehead atoms. The van der Waals surface area contributed by atoms with Gasteiger partial charge in [0, 0.05) is 12.6 Å². The third kappa shape index (κ3) is 3.66. The van der Waals surface area contributed by atoms with E-state index in [1.54, 1.807) is 18.2 Å². The Labute approximate surface area is 122 Å². The molecular weight excluding hydrogens is 270 g/mol. The number of aliphatic hydroxyl groups excluding tert-OH is 1. The first-order chi connectivity index (χ1) is 10.2. The number of carbonyl (C=O) groups is 1. The fourth-order valence-corrected chi connectivity index (χ4v) is 2.18. The molecule has 0 fully saturated rings. The van der Waals surface area contributed by atoms with Gasteiger partial charge in [-0.2, -0.15) is 0 Å². The van der Waals surface area contributed by atoms with Gasteiger partial charge in [0.1, 0.15) is 6.54 Å². The second-order valence-electron chi connectivity index (χ2n) is 4.88. The Morgan fingerprint density at radius 3 is 2.90 bits per heavy atom. The van der Waals surface area contributed by atoms with Crippen LogP contribution < -0.4 is 10.9 Å².